The van der Waals surface area contributed by atoms with Gasteiger partial charge in [-0.3, -0.25) is 9.69 Å². The number of nitrogens with one attached hydrogen (secondary N) is 1. The molecule has 0 aliphatic rings. The number of carbonyl (C=O) groups is 1. The Morgan fingerprint density at radius 3 is 2.88 bits per heavy atom. The van der Waals surface area contributed by atoms with Crippen molar-refractivity contribution in [2.24, 2.45) is 5.73 Å². The third kappa shape index (κ3) is 3.55. The lowest BCUT2D eigenvalue weighted by atomic mass is 10.2. The van der Waals surface area contributed by atoms with E-state index < -0.39 is 0 Å². The van der Waals surface area contributed by atoms with Crippen molar-refractivity contribution in [3.05, 3.63) is 20.8 Å². The van der Waals surface area contributed by atoms with Crippen LogP contribution in [0.1, 0.15) is 10.9 Å². The minimum atomic E-state index is -0.00317. The zero-order valence-electron chi connectivity index (χ0n) is 9.37. The van der Waals surface area contributed by atoms with Gasteiger partial charge < -0.3 is 11.1 Å². The summed E-state index contributed by atoms with van der Waals surface area (Å²) in [6.45, 7) is 0.855. The van der Waals surface area contributed by atoms with Gasteiger partial charge >= 0.3 is 0 Å². The second-order valence-corrected chi connectivity index (χ2v) is 5.37. The molecule has 0 aromatic carbocycles. The van der Waals surface area contributed by atoms with E-state index in [-0.39, 0.29) is 11.9 Å². The third-order valence-electron chi connectivity index (χ3n) is 2.34. The summed E-state index contributed by atoms with van der Waals surface area (Å²) in [5, 5.41) is 4.62. The van der Waals surface area contributed by atoms with Crippen LogP contribution in [0.15, 0.2) is 15.9 Å². The maximum Gasteiger partial charge on any atom is 0.233 e. The van der Waals surface area contributed by atoms with Gasteiger partial charge in [0.2, 0.25) is 5.91 Å². The van der Waals surface area contributed by atoms with Crippen molar-refractivity contribution in [2.75, 3.05) is 27.2 Å². The highest BCUT2D eigenvalue weighted by atomic mass is 79.9. The number of nitrogens with two attached hydrogens (primary N) is 1. The molecule has 6 heteroatoms. The van der Waals surface area contributed by atoms with Gasteiger partial charge in [0.15, 0.2) is 0 Å². The molecule has 0 radical (unpaired) electrons. The molecular formula is C10H16BrN3OS. The molecule has 0 saturated carbocycles. The summed E-state index contributed by atoms with van der Waals surface area (Å²) in [6, 6.07) is 2.14. The molecular weight excluding hydrogens is 290 g/mol. The minimum absolute atomic E-state index is 0.00317. The van der Waals surface area contributed by atoms with Crippen molar-refractivity contribution in [1.29, 1.82) is 0 Å². The molecule has 1 aromatic heterocycles. The number of hydrogen-bond acceptors (Lipinski definition) is 4. The first-order valence-electron chi connectivity index (χ1n) is 4.93. The molecule has 0 fully saturated rings. The molecule has 1 rings (SSSR count). The fourth-order valence-corrected chi connectivity index (χ4v) is 3.06. The molecule has 0 aliphatic carbocycles. The van der Waals surface area contributed by atoms with E-state index in [0.717, 1.165) is 4.47 Å². The lowest BCUT2D eigenvalue weighted by molar-refractivity contribution is -0.121. The lowest BCUT2D eigenvalue weighted by Crippen LogP contribution is -2.37. The zero-order chi connectivity index (χ0) is 12.1. The van der Waals surface area contributed by atoms with Gasteiger partial charge in [0.25, 0.3) is 0 Å². The fraction of sp³-hybridized carbons (Fsp3) is 0.500. The van der Waals surface area contributed by atoms with Crippen LogP contribution in [-0.4, -0.2) is 38.0 Å². The van der Waals surface area contributed by atoms with Crippen LogP contribution in [0, 0.1) is 0 Å². The van der Waals surface area contributed by atoms with Crippen molar-refractivity contribution >= 4 is 33.2 Å². The van der Waals surface area contributed by atoms with E-state index in [1.807, 2.05) is 23.4 Å². The number of thiophene rings is 1. The summed E-state index contributed by atoms with van der Waals surface area (Å²) in [5.41, 5.74) is 5.75. The molecule has 0 saturated heterocycles. The number of nitrogens with zero attached hydrogens (tertiary/aromatic N) is 1. The topological polar surface area (TPSA) is 58.4 Å². The van der Waals surface area contributed by atoms with Gasteiger partial charge in [-0.15, -0.1) is 11.3 Å². The van der Waals surface area contributed by atoms with E-state index in [0.29, 0.717) is 13.1 Å². The van der Waals surface area contributed by atoms with E-state index in [9.17, 15) is 4.79 Å². The zero-order valence-corrected chi connectivity index (χ0v) is 11.8. The van der Waals surface area contributed by atoms with Crippen LogP contribution in [0.2, 0.25) is 0 Å². The van der Waals surface area contributed by atoms with Gasteiger partial charge in [0.1, 0.15) is 0 Å². The summed E-state index contributed by atoms with van der Waals surface area (Å²) in [5.74, 6) is -0.00317. The average Bonchev–Trinajstić information content (AvgIpc) is 2.65. The molecule has 1 aromatic rings. The Balaban J connectivity index is 2.70. The van der Waals surface area contributed by atoms with Crippen LogP contribution in [0.25, 0.3) is 0 Å². The molecule has 16 heavy (non-hydrogen) atoms. The second-order valence-electron chi connectivity index (χ2n) is 3.51. The van der Waals surface area contributed by atoms with Gasteiger partial charge in [-0.2, -0.15) is 0 Å². The molecule has 0 bridgehead atoms. The average molecular weight is 306 g/mol. The smallest absolute Gasteiger partial charge is 0.233 e. The van der Waals surface area contributed by atoms with Crippen molar-refractivity contribution in [3.8, 4) is 0 Å². The summed E-state index contributed by atoms with van der Waals surface area (Å²) < 4.78 is 1.05. The molecule has 3 N–H and O–H groups in total. The molecule has 1 heterocycles. The number of amides is 1. The number of halogens is 1. The molecule has 1 atom stereocenters. The Bertz CT molecular complexity index is 356. The SMILES string of the molecule is CNC(=O)CN(C)C(CN)c1cc(Br)cs1. The first kappa shape index (κ1) is 13.6. The predicted molar refractivity (Wildman–Crippen MR) is 70.5 cm³/mol. The summed E-state index contributed by atoms with van der Waals surface area (Å²) in [4.78, 5) is 14.4. The first-order valence-corrected chi connectivity index (χ1v) is 6.60. The number of rotatable bonds is 5. The van der Waals surface area contributed by atoms with E-state index in [2.05, 4.69) is 21.2 Å². The number of likely N-dealkylation sites (N-methyl/N-ethyl adjacent to an activating group) is 2. The highest BCUT2D eigenvalue weighted by molar-refractivity contribution is 9.10. The normalized spacial score (nSPS) is 12.8. The number of carbonyl (C=O) groups excluding carboxylic acids is 1. The molecule has 0 aliphatic heterocycles. The van der Waals surface area contributed by atoms with E-state index >= 15 is 0 Å². The second kappa shape index (κ2) is 6.34. The van der Waals surface area contributed by atoms with Crippen LogP contribution in [0.4, 0.5) is 0 Å². The summed E-state index contributed by atoms with van der Waals surface area (Å²) >= 11 is 5.06. The highest BCUT2D eigenvalue weighted by Crippen LogP contribution is 2.28. The highest BCUT2D eigenvalue weighted by Gasteiger charge is 2.18. The standard InChI is InChI=1S/C10H16BrN3OS/c1-13-10(15)5-14(2)8(4-12)9-3-7(11)6-16-9/h3,6,8H,4-5,12H2,1-2H3,(H,13,15). The molecule has 0 spiro atoms. The largest absolute Gasteiger partial charge is 0.358 e. The molecule has 1 unspecified atom stereocenters. The maximum atomic E-state index is 11.3. The van der Waals surface area contributed by atoms with Gasteiger partial charge in [-0.25, -0.2) is 0 Å². The Labute approximate surface area is 108 Å². The Morgan fingerprint density at radius 1 is 1.75 bits per heavy atom. The van der Waals surface area contributed by atoms with Crippen LogP contribution in [0.5, 0.6) is 0 Å². The van der Waals surface area contributed by atoms with Gasteiger partial charge in [-0.05, 0) is 29.0 Å². The van der Waals surface area contributed by atoms with Crippen molar-refractivity contribution in [1.82, 2.24) is 10.2 Å². The van der Waals surface area contributed by atoms with Gasteiger partial charge in [0.05, 0.1) is 12.6 Å². The van der Waals surface area contributed by atoms with Gasteiger partial charge in [0, 0.05) is 28.3 Å². The predicted octanol–water partition coefficient (Wildman–Crippen LogP) is 1.19. The maximum absolute atomic E-state index is 11.3. The van der Waals surface area contributed by atoms with E-state index in [1.165, 1.54) is 4.88 Å². The summed E-state index contributed by atoms with van der Waals surface area (Å²) in [7, 11) is 3.54. The van der Waals surface area contributed by atoms with Gasteiger partial charge in [-0.1, -0.05) is 0 Å². The quantitative estimate of drug-likeness (QED) is 0.859. The van der Waals surface area contributed by atoms with Crippen LogP contribution in [-0.2, 0) is 4.79 Å². The van der Waals surface area contributed by atoms with Crippen LogP contribution in [0.3, 0.4) is 0 Å². The molecule has 4 nitrogen and oxygen atoms in total. The molecule has 1 amide bonds. The van der Waals surface area contributed by atoms with Crippen molar-refractivity contribution in [3.63, 3.8) is 0 Å². The van der Waals surface area contributed by atoms with Crippen LogP contribution >= 0.6 is 27.3 Å². The Hall–Kier alpha value is -0.430. The Morgan fingerprint density at radius 2 is 2.44 bits per heavy atom. The lowest BCUT2D eigenvalue weighted by Gasteiger charge is -2.25. The van der Waals surface area contributed by atoms with Crippen molar-refractivity contribution < 1.29 is 4.79 Å². The van der Waals surface area contributed by atoms with E-state index in [4.69, 9.17) is 5.73 Å². The monoisotopic (exact) mass is 305 g/mol. The van der Waals surface area contributed by atoms with Crippen LogP contribution < -0.4 is 11.1 Å². The Kier molecular flexibility index (Phi) is 5.40. The third-order valence-corrected chi connectivity index (χ3v) is 4.14. The molecule has 90 valence electrons. The first-order chi connectivity index (χ1) is 7.58. The van der Waals surface area contributed by atoms with Crippen molar-refractivity contribution in [2.45, 2.75) is 6.04 Å². The minimum Gasteiger partial charge on any atom is -0.358 e. The van der Waals surface area contributed by atoms with E-state index in [1.54, 1.807) is 18.4 Å². The number of hydrogen-bond donors (Lipinski definition) is 2. The fourth-order valence-electron chi connectivity index (χ4n) is 1.43. The summed E-state index contributed by atoms with van der Waals surface area (Å²) in [6.07, 6.45) is 0.